The molecule has 0 spiro atoms. The van der Waals surface area contributed by atoms with E-state index < -0.39 is 0 Å². The second-order valence-electron chi connectivity index (χ2n) is 8.02. The maximum atomic E-state index is 13.2. The van der Waals surface area contributed by atoms with E-state index >= 15 is 0 Å². The molecule has 1 amide bonds. The summed E-state index contributed by atoms with van der Waals surface area (Å²) < 4.78 is 19.7. The van der Waals surface area contributed by atoms with Gasteiger partial charge in [0.15, 0.2) is 0 Å². The predicted octanol–water partition coefficient (Wildman–Crippen LogP) is 4.68. The lowest BCUT2D eigenvalue weighted by atomic mass is 10.1. The number of hydrazone groups is 1. The predicted molar refractivity (Wildman–Crippen MR) is 136 cm³/mol. The van der Waals surface area contributed by atoms with Gasteiger partial charge in [-0.2, -0.15) is 5.10 Å². The quantitative estimate of drug-likeness (QED) is 0.360. The Morgan fingerprint density at radius 2 is 1.76 bits per heavy atom. The van der Waals surface area contributed by atoms with Crippen molar-refractivity contribution in [1.29, 1.82) is 0 Å². The summed E-state index contributed by atoms with van der Waals surface area (Å²) in [5, 5.41) is 4.11. The van der Waals surface area contributed by atoms with Gasteiger partial charge in [0.25, 0.3) is 5.91 Å². The van der Waals surface area contributed by atoms with Gasteiger partial charge in [0, 0.05) is 54.0 Å². The first-order valence-electron chi connectivity index (χ1n) is 11.0. The number of anilines is 1. The van der Waals surface area contributed by atoms with E-state index in [1.165, 1.54) is 12.1 Å². The summed E-state index contributed by atoms with van der Waals surface area (Å²) in [6.45, 7) is 4.27. The fourth-order valence-electron chi connectivity index (χ4n) is 3.89. The van der Waals surface area contributed by atoms with Crippen molar-refractivity contribution in [2.24, 2.45) is 5.10 Å². The number of nitrogens with zero attached hydrogens (tertiary/aromatic N) is 3. The van der Waals surface area contributed by atoms with E-state index in [1.807, 2.05) is 42.5 Å². The van der Waals surface area contributed by atoms with Crippen molar-refractivity contribution < 1.29 is 13.9 Å². The maximum absolute atomic E-state index is 13.2. The molecule has 4 rings (SSSR count). The Bertz CT molecular complexity index is 1140. The van der Waals surface area contributed by atoms with Crippen LogP contribution < -0.4 is 15.1 Å². The summed E-state index contributed by atoms with van der Waals surface area (Å²) in [7, 11) is 1.66. The zero-order chi connectivity index (χ0) is 23.9. The van der Waals surface area contributed by atoms with Crippen LogP contribution in [0.15, 0.2) is 76.3 Å². The smallest absolute Gasteiger partial charge is 0.271 e. The molecule has 0 radical (unpaired) electrons. The van der Waals surface area contributed by atoms with Crippen molar-refractivity contribution in [2.45, 2.75) is 6.54 Å². The van der Waals surface area contributed by atoms with Crippen molar-refractivity contribution >= 4 is 33.7 Å². The average Bonchev–Trinajstić information content (AvgIpc) is 2.86. The van der Waals surface area contributed by atoms with Crippen LogP contribution in [0.2, 0.25) is 0 Å². The SMILES string of the molecule is COc1ccc(/C=N\NC(=O)c2ccc(Br)cc2)cc1CN1CCN(c2ccc(F)cc2)CC1. The lowest BCUT2D eigenvalue weighted by molar-refractivity contribution is 0.0955. The van der Waals surface area contributed by atoms with Crippen molar-refractivity contribution in [2.75, 3.05) is 38.2 Å². The van der Waals surface area contributed by atoms with Gasteiger partial charge >= 0.3 is 0 Å². The van der Waals surface area contributed by atoms with Crippen LogP contribution in [0, 0.1) is 5.82 Å². The minimum Gasteiger partial charge on any atom is -0.496 e. The highest BCUT2D eigenvalue weighted by molar-refractivity contribution is 9.10. The Hall–Kier alpha value is -3.23. The molecular formula is C26H26BrFN4O2. The Morgan fingerprint density at radius 3 is 2.44 bits per heavy atom. The number of nitrogens with one attached hydrogen (secondary N) is 1. The van der Waals surface area contributed by atoms with Crippen molar-refractivity contribution in [3.8, 4) is 5.75 Å². The van der Waals surface area contributed by atoms with Crippen LogP contribution in [0.1, 0.15) is 21.5 Å². The largest absolute Gasteiger partial charge is 0.496 e. The topological polar surface area (TPSA) is 57.2 Å². The third kappa shape index (κ3) is 6.21. The van der Waals surface area contributed by atoms with Crippen LogP contribution in [0.3, 0.4) is 0 Å². The van der Waals surface area contributed by atoms with E-state index in [2.05, 4.69) is 36.3 Å². The highest BCUT2D eigenvalue weighted by Gasteiger charge is 2.19. The monoisotopic (exact) mass is 524 g/mol. The van der Waals surface area contributed by atoms with Crippen molar-refractivity contribution in [1.82, 2.24) is 10.3 Å². The van der Waals surface area contributed by atoms with Gasteiger partial charge in [0.05, 0.1) is 13.3 Å². The van der Waals surface area contributed by atoms with Crippen LogP contribution in [0.25, 0.3) is 0 Å². The average molecular weight is 525 g/mol. The number of piperazine rings is 1. The van der Waals surface area contributed by atoms with Crippen LogP contribution in [0.4, 0.5) is 10.1 Å². The number of hydrogen-bond donors (Lipinski definition) is 1. The van der Waals surface area contributed by atoms with Gasteiger partial charge in [-0.1, -0.05) is 15.9 Å². The molecule has 1 heterocycles. The summed E-state index contributed by atoms with van der Waals surface area (Å²) in [6.07, 6.45) is 1.63. The van der Waals surface area contributed by atoms with Crippen molar-refractivity contribution in [3.63, 3.8) is 0 Å². The van der Waals surface area contributed by atoms with E-state index in [-0.39, 0.29) is 11.7 Å². The fourth-order valence-corrected chi connectivity index (χ4v) is 4.15. The standard InChI is InChI=1S/C26H26BrFN4O2/c1-34-25-11-2-19(17-29-30-26(33)20-3-5-22(27)6-4-20)16-21(25)18-31-12-14-32(15-13-31)24-9-7-23(28)8-10-24/h2-11,16-17H,12-15,18H2,1H3,(H,30,33)/b29-17-. The molecule has 0 aromatic heterocycles. The molecule has 3 aromatic carbocycles. The number of methoxy groups -OCH3 is 1. The molecule has 0 saturated carbocycles. The fraction of sp³-hybridized carbons (Fsp3) is 0.231. The first-order valence-corrected chi connectivity index (χ1v) is 11.8. The summed E-state index contributed by atoms with van der Waals surface area (Å²) in [4.78, 5) is 16.9. The summed E-state index contributed by atoms with van der Waals surface area (Å²) in [5.74, 6) is 0.333. The molecule has 1 N–H and O–H groups in total. The lowest BCUT2D eigenvalue weighted by Gasteiger charge is -2.36. The molecule has 1 aliphatic rings. The first-order chi connectivity index (χ1) is 16.5. The zero-order valence-electron chi connectivity index (χ0n) is 18.9. The van der Waals surface area contributed by atoms with E-state index in [4.69, 9.17) is 4.74 Å². The van der Waals surface area contributed by atoms with Gasteiger partial charge in [-0.3, -0.25) is 9.69 Å². The number of carbonyl (C=O) groups excluding carboxylic acids is 1. The Morgan fingerprint density at radius 1 is 1.06 bits per heavy atom. The van der Waals surface area contributed by atoms with Gasteiger partial charge < -0.3 is 9.64 Å². The summed E-state index contributed by atoms with van der Waals surface area (Å²) in [5.41, 5.74) is 6.07. The maximum Gasteiger partial charge on any atom is 0.271 e. The van der Waals surface area contributed by atoms with Gasteiger partial charge in [0.2, 0.25) is 0 Å². The third-order valence-electron chi connectivity index (χ3n) is 5.75. The molecule has 0 aliphatic carbocycles. The number of carbonyl (C=O) groups is 1. The number of rotatable bonds is 7. The molecule has 176 valence electrons. The van der Waals surface area contributed by atoms with E-state index in [1.54, 1.807) is 25.5 Å². The second kappa shape index (κ2) is 11.3. The van der Waals surface area contributed by atoms with Gasteiger partial charge in [-0.05, 0) is 72.3 Å². The third-order valence-corrected chi connectivity index (χ3v) is 6.28. The molecule has 3 aromatic rings. The molecule has 0 atom stereocenters. The zero-order valence-corrected chi connectivity index (χ0v) is 20.5. The summed E-state index contributed by atoms with van der Waals surface area (Å²) in [6, 6.07) is 19.6. The van der Waals surface area contributed by atoms with Crippen LogP contribution in [-0.4, -0.2) is 50.3 Å². The molecular weight excluding hydrogens is 499 g/mol. The molecule has 8 heteroatoms. The highest BCUT2D eigenvalue weighted by Crippen LogP contribution is 2.23. The molecule has 34 heavy (non-hydrogen) atoms. The Labute approximate surface area is 207 Å². The number of ether oxygens (including phenoxy) is 1. The van der Waals surface area contributed by atoms with Gasteiger partial charge in [0.1, 0.15) is 11.6 Å². The van der Waals surface area contributed by atoms with Crippen LogP contribution >= 0.6 is 15.9 Å². The summed E-state index contributed by atoms with van der Waals surface area (Å²) >= 11 is 3.36. The van der Waals surface area contributed by atoms with Crippen LogP contribution in [0.5, 0.6) is 5.75 Å². The second-order valence-corrected chi connectivity index (χ2v) is 8.93. The molecule has 1 aliphatic heterocycles. The normalized spacial score (nSPS) is 14.4. The highest BCUT2D eigenvalue weighted by atomic mass is 79.9. The number of benzene rings is 3. The molecule has 1 fully saturated rings. The number of hydrogen-bond acceptors (Lipinski definition) is 5. The van der Waals surface area contributed by atoms with E-state index in [0.29, 0.717) is 5.56 Å². The Balaban J connectivity index is 1.35. The first kappa shape index (κ1) is 23.9. The van der Waals surface area contributed by atoms with Gasteiger partial charge in [-0.25, -0.2) is 9.82 Å². The molecule has 0 bridgehead atoms. The molecule has 6 nitrogen and oxygen atoms in total. The van der Waals surface area contributed by atoms with Crippen molar-refractivity contribution in [3.05, 3.63) is 93.7 Å². The number of halogens is 2. The van der Waals surface area contributed by atoms with E-state index in [0.717, 1.165) is 59.8 Å². The molecule has 1 saturated heterocycles. The van der Waals surface area contributed by atoms with Crippen LogP contribution in [-0.2, 0) is 6.54 Å². The molecule has 0 unspecified atom stereocenters. The van der Waals surface area contributed by atoms with E-state index in [9.17, 15) is 9.18 Å². The van der Waals surface area contributed by atoms with Gasteiger partial charge in [-0.15, -0.1) is 0 Å². The minimum atomic E-state index is -0.267. The number of amides is 1. The minimum absolute atomic E-state index is 0.217. The lowest BCUT2D eigenvalue weighted by Crippen LogP contribution is -2.46. The Kier molecular flexibility index (Phi) is 7.92.